The molecule has 5 aliphatic carbocycles. The standard InChI is InChI=1S/C60H58N2O4/c1-55(2,3)33-23-31-25-35(57(7,8)9)29-41-43(31)39(27-33)45-46-40-28-34(56(4,5)6)24-32-26-36(58(10,11)12)30-42(44(32)40)60(46)49-47(51(63)61(53(49)65)37-19-15-13-16-20-37)59(41,45)48-50(60)54(66)62(52(48)64)38-21-17-14-18-22-38/h13-30,47-50H,1-12H3. The largest absolute Gasteiger partial charge is 0.274 e. The van der Waals surface area contributed by atoms with Gasteiger partial charge in [0.1, 0.15) is 0 Å². The third-order valence-corrected chi connectivity index (χ3v) is 16.7. The van der Waals surface area contributed by atoms with E-state index in [1.54, 1.807) is 0 Å². The minimum absolute atomic E-state index is 0.258. The van der Waals surface area contributed by atoms with Gasteiger partial charge in [-0.25, -0.2) is 9.80 Å². The van der Waals surface area contributed by atoms with E-state index >= 15 is 19.2 Å². The van der Waals surface area contributed by atoms with Crippen molar-refractivity contribution in [1.82, 2.24) is 0 Å². The highest BCUT2D eigenvalue weighted by Crippen LogP contribution is 2.82. The van der Waals surface area contributed by atoms with Crippen molar-refractivity contribution in [3.63, 3.8) is 0 Å². The molecule has 2 bridgehead atoms. The van der Waals surface area contributed by atoms with Crippen LogP contribution in [0.4, 0.5) is 11.4 Å². The first kappa shape index (κ1) is 41.3. The molecule has 0 radical (unpaired) electrons. The molecule has 6 heteroatoms. The summed E-state index contributed by atoms with van der Waals surface area (Å²) in [6.45, 7) is 26.7. The maximum absolute atomic E-state index is 16.4. The quantitative estimate of drug-likeness (QED) is 0.162. The van der Waals surface area contributed by atoms with E-state index in [1.165, 1.54) is 9.80 Å². The SMILES string of the molecule is CC(C)(C)c1cc2c3c(cc(C(C)(C)C)cc3c1)C13C2=C2c4cc(C(C)(C)C)cc5cc(C(C)(C)C)cc(c45)C2(C2C(=O)N(c4ccccc4)C(=O)C21)C1C(=O)N(c2ccccc2)C(=O)C13. The molecule has 2 spiro atoms. The van der Waals surface area contributed by atoms with Gasteiger partial charge in [0.2, 0.25) is 23.6 Å². The number of benzene rings is 6. The molecule has 4 amide bonds. The number of amides is 4. The average Bonchev–Trinajstić information content (AvgIpc) is 3.90. The lowest BCUT2D eigenvalue weighted by atomic mass is 9.35. The van der Waals surface area contributed by atoms with E-state index in [4.69, 9.17) is 0 Å². The normalized spacial score (nSPS) is 26.3. The van der Waals surface area contributed by atoms with E-state index < -0.39 is 34.5 Å². The molecule has 332 valence electrons. The number of imide groups is 2. The van der Waals surface area contributed by atoms with Crippen LogP contribution in [0.5, 0.6) is 0 Å². The van der Waals surface area contributed by atoms with Gasteiger partial charge in [-0.15, -0.1) is 0 Å². The van der Waals surface area contributed by atoms with Gasteiger partial charge >= 0.3 is 0 Å². The van der Waals surface area contributed by atoms with Crippen molar-refractivity contribution in [1.29, 1.82) is 0 Å². The van der Waals surface area contributed by atoms with Crippen molar-refractivity contribution < 1.29 is 19.2 Å². The van der Waals surface area contributed by atoms with E-state index in [1.807, 2.05) is 60.7 Å². The number of hydrogen-bond acceptors (Lipinski definition) is 4. The second-order valence-electron chi connectivity index (χ2n) is 24.4. The first-order valence-corrected chi connectivity index (χ1v) is 23.8. The van der Waals surface area contributed by atoms with Crippen molar-refractivity contribution in [3.8, 4) is 0 Å². The molecule has 7 aliphatic rings. The van der Waals surface area contributed by atoms with Crippen LogP contribution in [0.1, 0.15) is 128 Å². The Balaban J connectivity index is 1.36. The van der Waals surface area contributed by atoms with Crippen LogP contribution in [0.2, 0.25) is 0 Å². The Labute approximate surface area is 388 Å². The average molecular weight is 871 g/mol. The summed E-state index contributed by atoms with van der Waals surface area (Å²) in [4.78, 5) is 68.3. The molecule has 6 aromatic rings. The molecule has 2 saturated heterocycles. The molecule has 0 N–H and O–H groups in total. The molecular formula is C60H58N2O4. The van der Waals surface area contributed by atoms with Gasteiger partial charge in [0.15, 0.2) is 0 Å². The van der Waals surface area contributed by atoms with Gasteiger partial charge in [0, 0.05) is 10.8 Å². The number of nitrogens with zero attached hydrogens (tertiary/aromatic N) is 2. The Morgan fingerprint density at radius 3 is 0.924 bits per heavy atom. The Morgan fingerprint density at radius 2 is 0.652 bits per heavy atom. The molecule has 0 aromatic heterocycles. The van der Waals surface area contributed by atoms with Gasteiger partial charge in [0.05, 0.1) is 35.0 Å². The molecule has 6 nitrogen and oxygen atoms in total. The molecular weight excluding hydrogens is 813 g/mol. The second-order valence-corrected chi connectivity index (χ2v) is 24.4. The molecule has 1 saturated carbocycles. The van der Waals surface area contributed by atoms with E-state index in [9.17, 15) is 0 Å². The summed E-state index contributed by atoms with van der Waals surface area (Å²) in [7, 11) is 0. The summed E-state index contributed by atoms with van der Waals surface area (Å²) >= 11 is 0. The van der Waals surface area contributed by atoms with Crippen LogP contribution in [0.3, 0.4) is 0 Å². The van der Waals surface area contributed by atoms with Crippen molar-refractivity contribution in [2.45, 2.75) is 116 Å². The molecule has 3 fully saturated rings. The van der Waals surface area contributed by atoms with Crippen molar-refractivity contribution in [3.05, 3.63) is 154 Å². The molecule has 66 heavy (non-hydrogen) atoms. The summed E-state index contributed by atoms with van der Waals surface area (Å²) in [5, 5.41) is 4.13. The highest BCUT2D eigenvalue weighted by molar-refractivity contribution is 6.36. The first-order valence-electron chi connectivity index (χ1n) is 23.8. The minimum atomic E-state index is -1.38. The van der Waals surface area contributed by atoms with E-state index in [0.29, 0.717) is 11.4 Å². The summed E-state index contributed by atoms with van der Waals surface area (Å²) in [6.07, 6.45) is 0. The summed E-state index contributed by atoms with van der Waals surface area (Å²) < 4.78 is 0. The van der Waals surface area contributed by atoms with Gasteiger partial charge in [-0.1, -0.05) is 168 Å². The van der Waals surface area contributed by atoms with Gasteiger partial charge in [-0.2, -0.15) is 0 Å². The lowest BCUT2D eigenvalue weighted by molar-refractivity contribution is -0.140. The van der Waals surface area contributed by atoms with E-state index in [-0.39, 0.29) is 45.3 Å². The fourth-order valence-corrected chi connectivity index (χ4v) is 13.7. The highest BCUT2D eigenvalue weighted by Gasteiger charge is 2.86. The highest BCUT2D eigenvalue weighted by atomic mass is 16.2. The second kappa shape index (κ2) is 12.4. The topological polar surface area (TPSA) is 74.8 Å². The van der Waals surface area contributed by atoms with Crippen LogP contribution in [-0.4, -0.2) is 23.6 Å². The van der Waals surface area contributed by atoms with E-state index in [0.717, 1.165) is 77.2 Å². The molecule has 2 heterocycles. The maximum Gasteiger partial charge on any atom is 0.239 e. The Kier molecular flexibility index (Phi) is 7.78. The molecule has 6 aromatic carbocycles. The van der Waals surface area contributed by atoms with Crippen molar-refractivity contribution >= 4 is 67.7 Å². The van der Waals surface area contributed by atoms with Gasteiger partial charge in [-0.05, 0) is 123 Å². The van der Waals surface area contributed by atoms with Crippen LogP contribution in [0.25, 0.3) is 32.7 Å². The predicted octanol–water partition coefficient (Wildman–Crippen LogP) is 12.2. The monoisotopic (exact) mass is 870 g/mol. The van der Waals surface area contributed by atoms with Crippen LogP contribution in [0, 0.1) is 23.7 Å². The van der Waals surface area contributed by atoms with Crippen LogP contribution < -0.4 is 9.80 Å². The first-order chi connectivity index (χ1) is 30.9. The fraction of sp³-hybridized carbons (Fsp3) is 0.367. The van der Waals surface area contributed by atoms with Gasteiger partial charge in [0.25, 0.3) is 0 Å². The Morgan fingerprint density at radius 1 is 0.379 bits per heavy atom. The zero-order chi connectivity index (χ0) is 46.7. The summed E-state index contributed by atoms with van der Waals surface area (Å²) in [6, 6.07) is 37.0. The minimum Gasteiger partial charge on any atom is -0.274 e. The van der Waals surface area contributed by atoms with Crippen molar-refractivity contribution in [2.75, 3.05) is 9.80 Å². The fourth-order valence-electron chi connectivity index (χ4n) is 13.7. The zero-order valence-corrected chi connectivity index (χ0v) is 40.2. The Hall–Kier alpha value is -6.14. The van der Waals surface area contributed by atoms with Gasteiger partial charge in [-0.3, -0.25) is 19.2 Å². The predicted molar refractivity (Wildman–Crippen MR) is 265 cm³/mol. The molecule has 4 atom stereocenters. The van der Waals surface area contributed by atoms with Crippen molar-refractivity contribution in [2.24, 2.45) is 23.7 Å². The number of rotatable bonds is 2. The number of para-hydroxylation sites is 2. The smallest absolute Gasteiger partial charge is 0.239 e. The molecule has 2 aliphatic heterocycles. The summed E-state index contributed by atoms with van der Waals surface area (Å²) in [5.41, 5.74) is 7.26. The number of carbonyl (C=O) groups is 4. The van der Waals surface area contributed by atoms with Crippen LogP contribution in [-0.2, 0) is 51.7 Å². The third-order valence-electron chi connectivity index (χ3n) is 16.7. The lowest BCUT2D eigenvalue weighted by Gasteiger charge is -2.62. The summed E-state index contributed by atoms with van der Waals surface area (Å²) in [5.74, 6) is -5.21. The number of carbonyl (C=O) groups excluding carboxylic acids is 4. The maximum atomic E-state index is 16.4. The van der Waals surface area contributed by atoms with Gasteiger partial charge < -0.3 is 0 Å². The van der Waals surface area contributed by atoms with E-state index in [2.05, 4.69) is 132 Å². The Bertz CT molecular complexity index is 3020. The number of anilines is 2. The van der Waals surface area contributed by atoms with Crippen LogP contribution in [0.15, 0.2) is 109 Å². The lowest BCUT2D eigenvalue weighted by Crippen LogP contribution is -2.68. The third kappa shape index (κ3) is 4.78. The molecule has 4 unspecified atom stereocenters. The number of hydrogen-bond donors (Lipinski definition) is 0. The van der Waals surface area contributed by atoms with Crippen LogP contribution >= 0.6 is 0 Å². The molecule has 13 rings (SSSR count). The number of allylic oxidation sites excluding steroid dienone is 2. The zero-order valence-electron chi connectivity index (χ0n) is 40.2.